The number of fused-ring (bicyclic) bond motifs is 1. The lowest BCUT2D eigenvalue weighted by atomic mass is 9.87. The van der Waals surface area contributed by atoms with Gasteiger partial charge in [0.2, 0.25) is 0 Å². The molecule has 2 aromatic carbocycles. The van der Waals surface area contributed by atoms with E-state index in [9.17, 15) is 4.79 Å². The Hall–Kier alpha value is -2.62. The number of rotatable bonds is 3. The average molecular weight is 336 g/mol. The Balaban J connectivity index is 2.10. The third kappa shape index (κ3) is 3.43. The summed E-state index contributed by atoms with van der Waals surface area (Å²) >= 11 is 0. The molecule has 0 aliphatic rings. The molecule has 3 rings (SSSR count). The molecule has 0 bridgehead atoms. The molecule has 0 N–H and O–H groups in total. The minimum absolute atomic E-state index is 0.0821. The summed E-state index contributed by atoms with van der Waals surface area (Å²) in [7, 11) is 0. The second kappa shape index (κ2) is 6.71. The number of ether oxygens (including phenoxy) is 1. The number of hydrogen-bond acceptors (Lipinski definition) is 3. The number of para-hydroxylation sites is 2. The van der Waals surface area contributed by atoms with Gasteiger partial charge in [0.1, 0.15) is 0 Å². The summed E-state index contributed by atoms with van der Waals surface area (Å²) in [4.78, 5) is 17.3. The summed E-state index contributed by atoms with van der Waals surface area (Å²) in [6.45, 7) is 8.91. The van der Waals surface area contributed by atoms with Crippen LogP contribution in [0.15, 0.2) is 48.5 Å². The smallest absolute Gasteiger partial charge is 0.420 e. The molecular weight excluding hydrogens is 312 g/mol. The molecular formula is C21H24N2O2. The molecule has 0 unspecified atom stereocenters. The largest absolute Gasteiger partial charge is 0.449 e. The Morgan fingerprint density at radius 2 is 1.76 bits per heavy atom. The van der Waals surface area contributed by atoms with Crippen molar-refractivity contribution in [2.45, 2.75) is 39.5 Å². The van der Waals surface area contributed by atoms with Crippen LogP contribution in [0.1, 0.15) is 39.7 Å². The quantitative estimate of drug-likeness (QED) is 0.643. The SMILES string of the molecule is CCCOC(=O)n1c(-c2ccc(C(C)(C)C)cc2)nc2ccccc21. The van der Waals surface area contributed by atoms with E-state index in [1.165, 1.54) is 5.56 Å². The Labute approximate surface area is 148 Å². The number of carbonyl (C=O) groups excluding carboxylic acids is 1. The van der Waals surface area contributed by atoms with E-state index in [0.29, 0.717) is 12.4 Å². The average Bonchev–Trinajstić information content (AvgIpc) is 2.98. The molecule has 3 aromatic rings. The summed E-state index contributed by atoms with van der Waals surface area (Å²) < 4.78 is 6.93. The molecule has 0 fully saturated rings. The van der Waals surface area contributed by atoms with Gasteiger partial charge < -0.3 is 4.74 Å². The van der Waals surface area contributed by atoms with Gasteiger partial charge in [-0.1, -0.05) is 64.1 Å². The third-order valence-electron chi connectivity index (χ3n) is 4.18. The monoisotopic (exact) mass is 336 g/mol. The third-order valence-corrected chi connectivity index (χ3v) is 4.18. The van der Waals surface area contributed by atoms with Crippen molar-refractivity contribution in [3.05, 3.63) is 54.1 Å². The van der Waals surface area contributed by atoms with Crippen molar-refractivity contribution in [2.75, 3.05) is 6.61 Å². The summed E-state index contributed by atoms with van der Waals surface area (Å²) in [5.74, 6) is 0.614. The first-order valence-electron chi connectivity index (χ1n) is 8.67. The van der Waals surface area contributed by atoms with Gasteiger partial charge in [0.25, 0.3) is 0 Å². The van der Waals surface area contributed by atoms with Crippen LogP contribution in [0.3, 0.4) is 0 Å². The van der Waals surface area contributed by atoms with Crippen molar-refractivity contribution in [3.63, 3.8) is 0 Å². The first kappa shape index (κ1) is 17.2. The lowest BCUT2D eigenvalue weighted by Crippen LogP contribution is -2.15. The molecule has 4 heteroatoms. The molecule has 0 aliphatic heterocycles. The molecule has 0 aliphatic carbocycles. The zero-order valence-corrected chi connectivity index (χ0v) is 15.2. The van der Waals surface area contributed by atoms with Crippen LogP contribution < -0.4 is 0 Å². The van der Waals surface area contributed by atoms with E-state index in [0.717, 1.165) is 23.0 Å². The second-order valence-electron chi connectivity index (χ2n) is 7.20. The van der Waals surface area contributed by atoms with Gasteiger partial charge in [-0.25, -0.2) is 14.3 Å². The molecule has 0 atom stereocenters. The maximum absolute atomic E-state index is 12.6. The maximum Gasteiger partial charge on any atom is 0.420 e. The van der Waals surface area contributed by atoms with Gasteiger partial charge in [0, 0.05) is 5.56 Å². The van der Waals surface area contributed by atoms with Gasteiger partial charge in [0.15, 0.2) is 5.82 Å². The van der Waals surface area contributed by atoms with Crippen molar-refractivity contribution in [3.8, 4) is 11.4 Å². The summed E-state index contributed by atoms with van der Waals surface area (Å²) in [5, 5.41) is 0. The van der Waals surface area contributed by atoms with Crippen molar-refractivity contribution >= 4 is 17.1 Å². The van der Waals surface area contributed by atoms with E-state index >= 15 is 0 Å². The molecule has 0 radical (unpaired) electrons. The molecule has 25 heavy (non-hydrogen) atoms. The maximum atomic E-state index is 12.6. The van der Waals surface area contributed by atoms with E-state index in [-0.39, 0.29) is 11.5 Å². The number of nitrogens with zero attached hydrogens (tertiary/aromatic N) is 2. The van der Waals surface area contributed by atoms with Crippen LogP contribution in [0.25, 0.3) is 22.4 Å². The number of benzene rings is 2. The summed E-state index contributed by atoms with van der Waals surface area (Å²) in [5.41, 5.74) is 3.77. The summed E-state index contributed by atoms with van der Waals surface area (Å²) in [6, 6.07) is 15.8. The van der Waals surface area contributed by atoms with Gasteiger partial charge in [-0.3, -0.25) is 0 Å². The summed E-state index contributed by atoms with van der Waals surface area (Å²) in [6.07, 6.45) is 0.402. The standard InChI is InChI=1S/C21H24N2O2/c1-5-14-25-20(24)23-18-9-7-6-8-17(18)22-19(23)15-10-12-16(13-11-15)21(2,3)4/h6-13H,5,14H2,1-4H3. The van der Waals surface area contributed by atoms with Crippen LogP contribution in [-0.4, -0.2) is 22.3 Å². The zero-order chi connectivity index (χ0) is 18.0. The lowest BCUT2D eigenvalue weighted by molar-refractivity contribution is 0.149. The van der Waals surface area contributed by atoms with Crippen molar-refractivity contribution < 1.29 is 9.53 Å². The second-order valence-corrected chi connectivity index (χ2v) is 7.20. The molecule has 0 amide bonds. The fourth-order valence-corrected chi connectivity index (χ4v) is 2.78. The highest BCUT2D eigenvalue weighted by atomic mass is 16.5. The number of aromatic nitrogens is 2. The van der Waals surface area contributed by atoms with Crippen molar-refractivity contribution in [2.24, 2.45) is 0 Å². The van der Waals surface area contributed by atoms with Crippen LogP contribution in [0.5, 0.6) is 0 Å². The zero-order valence-electron chi connectivity index (χ0n) is 15.2. The van der Waals surface area contributed by atoms with Crippen LogP contribution in [0, 0.1) is 0 Å². The molecule has 130 valence electrons. The van der Waals surface area contributed by atoms with E-state index in [2.05, 4.69) is 37.9 Å². The Kier molecular flexibility index (Phi) is 4.62. The Bertz CT molecular complexity index is 886. The molecule has 1 aromatic heterocycles. The molecule has 4 nitrogen and oxygen atoms in total. The van der Waals surface area contributed by atoms with Crippen molar-refractivity contribution in [1.82, 2.24) is 9.55 Å². The highest BCUT2D eigenvalue weighted by Crippen LogP contribution is 2.28. The van der Waals surface area contributed by atoms with E-state index < -0.39 is 0 Å². The molecule has 1 heterocycles. The van der Waals surface area contributed by atoms with Gasteiger partial charge in [-0.2, -0.15) is 0 Å². The van der Waals surface area contributed by atoms with Gasteiger partial charge >= 0.3 is 6.09 Å². The molecule has 0 saturated heterocycles. The predicted molar refractivity (Wildman–Crippen MR) is 101 cm³/mol. The van der Waals surface area contributed by atoms with E-state index in [4.69, 9.17) is 4.74 Å². The Morgan fingerprint density at radius 1 is 1.08 bits per heavy atom. The minimum atomic E-state index is -0.384. The van der Waals surface area contributed by atoms with Gasteiger partial charge in [0.05, 0.1) is 17.6 Å². The fourth-order valence-electron chi connectivity index (χ4n) is 2.78. The highest BCUT2D eigenvalue weighted by Gasteiger charge is 2.20. The number of imidazole rings is 1. The molecule has 0 spiro atoms. The van der Waals surface area contributed by atoms with Crippen molar-refractivity contribution in [1.29, 1.82) is 0 Å². The number of hydrogen-bond donors (Lipinski definition) is 0. The molecule has 0 saturated carbocycles. The van der Waals surface area contributed by atoms with Gasteiger partial charge in [-0.15, -0.1) is 0 Å². The normalized spacial score (nSPS) is 11.7. The minimum Gasteiger partial charge on any atom is -0.449 e. The fraction of sp³-hybridized carbons (Fsp3) is 0.333. The van der Waals surface area contributed by atoms with Crippen LogP contribution in [0.2, 0.25) is 0 Å². The Morgan fingerprint density at radius 3 is 2.40 bits per heavy atom. The first-order chi connectivity index (χ1) is 11.9. The first-order valence-corrected chi connectivity index (χ1v) is 8.67. The lowest BCUT2D eigenvalue weighted by Gasteiger charge is -2.19. The highest BCUT2D eigenvalue weighted by molar-refractivity contribution is 5.91. The number of carbonyl (C=O) groups is 1. The predicted octanol–water partition coefficient (Wildman–Crippen LogP) is 5.40. The van der Waals surface area contributed by atoms with Crippen LogP contribution >= 0.6 is 0 Å². The van der Waals surface area contributed by atoms with Crippen LogP contribution in [0.4, 0.5) is 4.79 Å². The van der Waals surface area contributed by atoms with Crippen LogP contribution in [-0.2, 0) is 10.2 Å². The van der Waals surface area contributed by atoms with Gasteiger partial charge in [-0.05, 0) is 29.5 Å². The van der Waals surface area contributed by atoms with E-state index in [1.54, 1.807) is 4.57 Å². The van der Waals surface area contributed by atoms with E-state index in [1.807, 2.05) is 43.3 Å². The topological polar surface area (TPSA) is 44.1 Å².